The number of nitrogens with zero attached hydrogens (tertiary/aromatic N) is 3. The first-order chi connectivity index (χ1) is 5.40. The van der Waals surface area contributed by atoms with Crippen molar-refractivity contribution in [2.45, 2.75) is 13.2 Å². The zero-order chi connectivity index (χ0) is 7.68. The summed E-state index contributed by atoms with van der Waals surface area (Å²) in [6.07, 6.45) is 0.644. The average Bonchev–Trinajstić information content (AvgIpc) is 2.46. The normalized spacial score (nSPS) is 16.0. The highest BCUT2D eigenvalue weighted by atomic mass is 16.5. The number of rotatable bonds is 1. The molecule has 5 nitrogen and oxygen atoms in total. The van der Waals surface area contributed by atoms with Gasteiger partial charge >= 0.3 is 0 Å². The van der Waals surface area contributed by atoms with Gasteiger partial charge in [0.15, 0.2) is 12.1 Å². The van der Waals surface area contributed by atoms with E-state index in [-0.39, 0.29) is 5.82 Å². The summed E-state index contributed by atoms with van der Waals surface area (Å²) < 4.78 is 6.82. The minimum atomic E-state index is 0.241. The molecule has 5 heteroatoms. The molecule has 0 saturated carbocycles. The Balaban J connectivity index is 2.39. The molecule has 0 saturated heterocycles. The summed E-state index contributed by atoms with van der Waals surface area (Å²) in [5.74, 6) is 0.976. The molecule has 0 aromatic carbocycles. The number of carbonyl (C=O) groups is 1. The van der Waals surface area contributed by atoms with Crippen LogP contribution in [0.15, 0.2) is 0 Å². The third-order valence-corrected chi connectivity index (χ3v) is 1.55. The SMILES string of the molecule is O=Cc1nc2n(n1)CCOC2. The molecule has 1 aliphatic rings. The van der Waals surface area contributed by atoms with Gasteiger partial charge in [0.05, 0.1) is 13.2 Å². The topological polar surface area (TPSA) is 57.0 Å². The number of fused-ring (bicyclic) bond motifs is 1. The van der Waals surface area contributed by atoms with E-state index in [0.717, 1.165) is 5.82 Å². The van der Waals surface area contributed by atoms with Crippen LogP contribution in [0.4, 0.5) is 0 Å². The first-order valence-corrected chi connectivity index (χ1v) is 3.37. The minimum Gasteiger partial charge on any atom is -0.372 e. The number of hydrogen-bond donors (Lipinski definition) is 0. The molecule has 0 spiro atoms. The van der Waals surface area contributed by atoms with Gasteiger partial charge in [-0.3, -0.25) is 4.79 Å². The molecule has 1 aromatic heterocycles. The Hall–Kier alpha value is -1.23. The van der Waals surface area contributed by atoms with Crippen LogP contribution in [0, 0.1) is 0 Å². The Morgan fingerprint density at radius 3 is 3.27 bits per heavy atom. The third-order valence-electron chi connectivity index (χ3n) is 1.55. The summed E-state index contributed by atoms with van der Waals surface area (Å²) in [4.78, 5) is 14.2. The van der Waals surface area contributed by atoms with Crippen molar-refractivity contribution in [3.63, 3.8) is 0 Å². The smallest absolute Gasteiger partial charge is 0.214 e. The molecule has 58 valence electrons. The van der Waals surface area contributed by atoms with Gasteiger partial charge in [0.2, 0.25) is 5.82 Å². The molecule has 0 radical (unpaired) electrons. The molecule has 0 N–H and O–H groups in total. The van der Waals surface area contributed by atoms with Crippen LogP contribution in [0.3, 0.4) is 0 Å². The molecule has 0 bridgehead atoms. The van der Waals surface area contributed by atoms with E-state index in [1.54, 1.807) is 4.68 Å². The summed E-state index contributed by atoms with van der Waals surface area (Å²) >= 11 is 0. The van der Waals surface area contributed by atoms with Crippen LogP contribution in [0.5, 0.6) is 0 Å². The molecule has 1 aliphatic heterocycles. The van der Waals surface area contributed by atoms with Crippen molar-refractivity contribution in [2.24, 2.45) is 0 Å². The second-order valence-electron chi connectivity index (χ2n) is 2.28. The Kier molecular flexibility index (Phi) is 1.43. The largest absolute Gasteiger partial charge is 0.372 e. The predicted molar refractivity (Wildman–Crippen MR) is 35.1 cm³/mol. The maximum atomic E-state index is 10.2. The van der Waals surface area contributed by atoms with Crippen molar-refractivity contribution in [3.8, 4) is 0 Å². The van der Waals surface area contributed by atoms with E-state index in [1.807, 2.05) is 0 Å². The van der Waals surface area contributed by atoms with Crippen molar-refractivity contribution >= 4 is 6.29 Å². The van der Waals surface area contributed by atoms with Crippen molar-refractivity contribution in [1.82, 2.24) is 14.8 Å². The van der Waals surface area contributed by atoms with Crippen molar-refractivity contribution < 1.29 is 9.53 Å². The van der Waals surface area contributed by atoms with E-state index in [4.69, 9.17) is 4.74 Å². The third kappa shape index (κ3) is 1.03. The number of hydrogen-bond acceptors (Lipinski definition) is 4. The van der Waals surface area contributed by atoms with Crippen LogP contribution >= 0.6 is 0 Å². The van der Waals surface area contributed by atoms with E-state index >= 15 is 0 Å². The minimum absolute atomic E-state index is 0.241. The molecule has 0 fully saturated rings. The second-order valence-corrected chi connectivity index (χ2v) is 2.28. The van der Waals surface area contributed by atoms with Crippen LogP contribution in [0.2, 0.25) is 0 Å². The lowest BCUT2D eigenvalue weighted by Gasteiger charge is -2.11. The average molecular weight is 153 g/mol. The standard InChI is InChI=1S/C6H7N3O2/c10-3-5-7-6-4-11-2-1-9(6)8-5/h3H,1-2,4H2. The number of carbonyl (C=O) groups excluding carboxylic acids is 1. The lowest BCUT2D eigenvalue weighted by molar-refractivity contribution is 0.0769. The fourth-order valence-corrected chi connectivity index (χ4v) is 1.04. The zero-order valence-corrected chi connectivity index (χ0v) is 5.86. The van der Waals surface area contributed by atoms with Gasteiger partial charge in [-0.15, -0.1) is 5.10 Å². The molecule has 1 aromatic rings. The van der Waals surface area contributed by atoms with E-state index < -0.39 is 0 Å². The molecular weight excluding hydrogens is 146 g/mol. The lowest BCUT2D eigenvalue weighted by atomic mass is 10.5. The molecule has 0 aliphatic carbocycles. The first-order valence-electron chi connectivity index (χ1n) is 3.37. The second kappa shape index (κ2) is 2.43. The number of aldehydes is 1. The Bertz CT molecular complexity index is 258. The molecule has 11 heavy (non-hydrogen) atoms. The molecule has 2 rings (SSSR count). The zero-order valence-electron chi connectivity index (χ0n) is 5.86. The maximum absolute atomic E-state index is 10.2. The van der Waals surface area contributed by atoms with Crippen molar-refractivity contribution in [2.75, 3.05) is 6.61 Å². The Morgan fingerprint density at radius 1 is 1.64 bits per heavy atom. The lowest BCUT2D eigenvalue weighted by Crippen LogP contribution is -2.17. The van der Waals surface area contributed by atoms with Gasteiger partial charge in [0, 0.05) is 0 Å². The molecule has 0 unspecified atom stereocenters. The summed E-state index contributed by atoms with van der Waals surface area (Å²) in [6, 6.07) is 0. The fraction of sp³-hybridized carbons (Fsp3) is 0.500. The van der Waals surface area contributed by atoms with Gasteiger partial charge in [-0.25, -0.2) is 9.67 Å². The van der Waals surface area contributed by atoms with Crippen molar-refractivity contribution in [3.05, 3.63) is 11.6 Å². The van der Waals surface area contributed by atoms with Crippen LogP contribution in [-0.2, 0) is 17.9 Å². The van der Waals surface area contributed by atoms with Gasteiger partial charge in [-0.1, -0.05) is 0 Å². The fourth-order valence-electron chi connectivity index (χ4n) is 1.04. The highest BCUT2D eigenvalue weighted by Gasteiger charge is 2.12. The number of ether oxygens (including phenoxy) is 1. The highest BCUT2D eigenvalue weighted by Crippen LogP contribution is 2.04. The molecule has 2 heterocycles. The van der Waals surface area contributed by atoms with Crippen LogP contribution in [-0.4, -0.2) is 27.7 Å². The summed E-state index contributed by atoms with van der Waals surface area (Å²) in [5, 5.41) is 3.93. The molecular formula is C6H7N3O2. The highest BCUT2D eigenvalue weighted by molar-refractivity contribution is 5.68. The van der Waals surface area contributed by atoms with Gasteiger partial charge in [-0.05, 0) is 0 Å². The molecule has 0 amide bonds. The monoisotopic (exact) mass is 153 g/mol. The van der Waals surface area contributed by atoms with E-state index in [9.17, 15) is 4.79 Å². The van der Waals surface area contributed by atoms with Crippen LogP contribution in [0.1, 0.15) is 16.4 Å². The Morgan fingerprint density at radius 2 is 2.55 bits per heavy atom. The number of aromatic nitrogens is 3. The summed E-state index contributed by atoms with van der Waals surface area (Å²) in [7, 11) is 0. The van der Waals surface area contributed by atoms with Gasteiger partial charge in [0.1, 0.15) is 6.61 Å². The van der Waals surface area contributed by atoms with Gasteiger partial charge in [0.25, 0.3) is 0 Å². The van der Waals surface area contributed by atoms with Gasteiger partial charge in [-0.2, -0.15) is 0 Å². The quantitative estimate of drug-likeness (QED) is 0.516. The molecule has 0 atom stereocenters. The van der Waals surface area contributed by atoms with Crippen LogP contribution in [0.25, 0.3) is 0 Å². The van der Waals surface area contributed by atoms with Crippen LogP contribution < -0.4 is 0 Å². The maximum Gasteiger partial charge on any atom is 0.214 e. The van der Waals surface area contributed by atoms with E-state index in [2.05, 4.69) is 10.1 Å². The summed E-state index contributed by atoms with van der Waals surface area (Å²) in [5.41, 5.74) is 0. The first kappa shape index (κ1) is 6.48. The predicted octanol–water partition coefficient (Wildman–Crippen LogP) is -0.379. The summed E-state index contributed by atoms with van der Waals surface area (Å²) in [6.45, 7) is 1.80. The van der Waals surface area contributed by atoms with E-state index in [0.29, 0.717) is 26.0 Å². The van der Waals surface area contributed by atoms with E-state index in [1.165, 1.54) is 0 Å². The Labute approximate surface area is 63.0 Å². The van der Waals surface area contributed by atoms with Crippen molar-refractivity contribution in [1.29, 1.82) is 0 Å². The van der Waals surface area contributed by atoms with Gasteiger partial charge < -0.3 is 4.74 Å².